The molecule has 2 nitrogen and oxygen atoms in total. The van der Waals surface area contributed by atoms with E-state index in [0.717, 1.165) is 5.56 Å². The predicted octanol–water partition coefficient (Wildman–Crippen LogP) is 1.09. The average Bonchev–Trinajstić information content (AvgIpc) is 2.03. The average molecular weight is 168 g/mol. The molecule has 66 valence electrons. The van der Waals surface area contributed by atoms with Gasteiger partial charge < -0.3 is 11.5 Å². The summed E-state index contributed by atoms with van der Waals surface area (Å²) >= 11 is 0. The van der Waals surface area contributed by atoms with Crippen LogP contribution < -0.4 is 11.5 Å². The first-order valence-corrected chi connectivity index (χ1v) is 3.87. The smallest absolute Gasteiger partial charge is 0.128 e. The Morgan fingerprint density at radius 3 is 2.67 bits per heavy atom. The summed E-state index contributed by atoms with van der Waals surface area (Å²) < 4.78 is 13.2. The molecule has 0 spiro atoms. The molecule has 0 aliphatic rings. The Morgan fingerprint density at radius 1 is 1.50 bits per heavy atom. The molecule has 0 aliphatic heterocycles. The van der Waals surface area contributed by atoms with E-state index in [1.165, 1.54) is 6.07 Å². The highest BCUT2D eigenvalue weighted by Gasteiger charge is 2.11. The number of benzene rings is 1. The molecule has 1 aromatic rings. The van der Waals surface area contributed by atoms with Gasteiger partial charge in [-0.25, -0.2) is 4.39 Å². The monoisotopic (exact) mass is 168 g/mol. The van der Waals surface area contributed by atoms with Gasteiger partial charge in [-0.15, -0.1) is 0 Å². The molecule has 0 heterocycles. The van der Waals surface area contributed by atoms with Crippen molar-refractivity contribution in [2.75, 3.05) is 6.54 Å². The van der Waals surface area contributed by atoms with E-state index in [2.05, 4.69) is 0 Å². The quantitative estimate of drug-likeness (QED) is 0.694. The van der Waals surface area contributed by atoms with Crippen molar-refractivity contribution in [3.05, 3.63) is 35.1 Å². The maximum absolute atomic E-state index is 13.2. The summed E-state index contributed by atoms with van der Waals surface area (Å²) in [6.07, 6.45) is 0. The minimum atomic E-state index is -0.397. The van der Waals surface area contributed by atoms with Gasteiger partial charge in [-0.2, -0.15) is 0 Å². The highest BCUT2D eigenvalue weighted by molar-refractivity contribution is 5.30. The Labute approximate surface area is 71.4 Å². The summed E-state index contributed by atoms with van der Waals surface area (Å²) in [5.41, 5.74) is 12.4. The van der Waals surface area contributed by atoms with Crippen molar-refractivity contribution >= 4 is 0 Å². The molecule has 0 aliphatic carbocycles. The van der Waals surface area contributed by atoms with Gasteiger partial charge in [0.15, 0.2) is 0 Å². The van der Waals surface area contributed by atoms with Crippen molar-refractivity contribution < 1.29 is 4.39 Å². The van der Waals surface area contributed by atoms with Crippen LogP contribution in [0.3, 0.4) is 0 Å². The lowest BCUT2D eigenvalue weighted by atomic mass is 10.0. The van der Waals surface area contributed by atoms with Gasteiger partial charge in [0.2, 0.25) is 0 Å². The van der Waals surface area contributed by atoms with Gasteiger partial charge in [-0.3, -0.25) is 0 Å². The van der Waals surface area contributed by atoms with Crippen molar-refractivity contribution in [2.24, 2.45) is 11.5 Å². The summed E-state index contributed by atoms with van der Waals surface area (Å²) in [6.45, 7) is 2.09. The molecule has 0 saturated carbocycles. The van der Waals surface area contributed by atoms with E-state index < -0.39 is 6.04 Å². The Kier molecular flexibility index (Phi) is 2.78. The minimum Gasteiger partial charge on any atom is -0.329 e. The molecular formula is C9H13FN2. The van der Waals surface area contributed by atoms with Crippen LogP contribution in [0.4, 0.5) is 4.39 Å². The zero-order chi connectivity index (χ0) is 9.14. The molecule has 3 heteroatoms. The molecule has 0 amide bonds. The second-order valence-electron chi connectivity index (χ2n) is 2.81. The molecule has 0 saturated heterocycles. The first kappa shape index (κ1) is 9.16. The molecular weight excluding hydrogens is 155 g/mol. The van der Waals surface area contributed by atoms with E-state index in [4.69, 9.17) is 11.5 Å². The first-order valence-electron chi connectivity index (χ1n) is 3.87. The third-order valence-corrected chi connectivity index (χ3v) is 1.90. The van der Waals surface area contributed by atoms with E-state index in [1.807, 2.05) is 13.0 Å². The van der Waals surface area contributed by atoms with Gasteiger partial charge in [0.05, 0.1) is 0 Å². The summed E-state index contributed by atoms with van der Waals surface area (Å²) in [4.78, 5) is 0. The molecule has 0 bridgehead atoms. The number of nitrogens with two attached hydrogens (primary N) is 2. The van der Waals surface area contributed by atoms with Crippen molar-refractivity contribution in [2.45, 2.75) is 13.0 Å². The van der Waals surface area contributed by atoms with Crippen LogP contribution in [0.15, 0.2) is 18.2 Å². The van der Waals surface area contributed by atoms with Crippen LogP contribution in [0.2, 0.25) is 0 Å². The molecule has 0 radical (unpaired) electrons. The standard InChI is InChI=1S/C9H13FN2/c1-6-3-2-4-7(10)9(6)8(12)5-11/h2-4,8H,5,11-12H2,1H3/t8-/m1/s1. The normalized spacial score (nSPS) is 13.0. The SMILES string of the molecule is Cc1cccc(F)c1[C@H](N)CN. The predicted molar refractivity (Wildman–Crippen MR) is 47.1 cm³/mol. The second-order valence-corrected chi connectivity index (χ2v) is 2.81. The number of rotatable bonds is 2. The van der Waals surface area contributed by atoms with Crippen molar-refractivity contribution in [1.29, 1.82) is 0 Å². The van der Waals surface area contributed by atoms with Crippen LogP contribution in [0.25, 0.3) is 0 Å². The van der Waals surface area contributed by atoms with E-state index in [1.54, 1.807) is 6.07 Å². The maximum atomic E-state index is 13.2. The van der Waals surface area contributed by atoms with E-state index in [-0.39, 0.29) is 12.4 Å². The lowest BCUT2D eigenvalue weighted by Crippen LogP contribution is -2.22. The molecule has 0 fully saturated rings. The van der Waals surface area contributed by atoms with Gasteiger partial charge in [-0.1, -0.05) is 12.1 Å². The van der Waals surface area contributed by atoms with Gasteiger partial charge in [0.25, 0.3) is 0 Å². The van der Waals surface area contributed by atoms with Crippen molar-refractivity contribution in [1.82, 2.24) is 0 Å². The Bertz CT molecular complexity index is 253. The number of hydrogen-bond donors (Lipinski definition) is 2. The lowest BCUT2D eigenvalue weighted by Gasteiger charge is -2.12. The molecule has 12 heavy (non-hydrogen) atoms. The topological polar surface area (TPSA) is 52.0 Å². The van der Waals surface area contributed by atoms with Crippen LogP contribution in [-0.4, -0.2) is 6.54 Å². The first-order chi connectivity index (χ1) is 5.66. The Hall–Kier alpha value is -0.930. The molecule has 0 unspecified atom stereocenters. The third kappa shape index (κ3) is 1.62. The fraction of sp³-hybridized carbons (Fsp3) is 0.333. The van der Waals surface area contributed by atoms with Crippen LogP contribution in [0.5, 0.6) is 0 Å². The van der Waals surface area contributed by atoms with Crippen LogP contribution in [0, 0.1) is 12.7 Å². The van der Waals surface area contributed by atoms with Crippen molar-refractivity contribution in [3.8, 4) is 0 Å². The summed E-state index contributed by atoms with van der Waals surface area (Å²) in [5, 5.41) is 0. The van der Waals surface area contributed by atoms with Gasteiger partial charge >= 0.3 is 0 Å². The number of hydrogen-bond acceptors (Lipinski definition) is 2. The largest absolute Gasteiger partial charge is 0.329 e. The van der Waals surface area contributed by atoms with E-state index in [9.17, 15) is 4.39 Å². The fourth-order valence-electron chi connectivity index (χ4n) is 1.23. The Morgan fingerprint density at radius 2 is 2.17 bits per heavy atom. The molecule has 1 atom stereocenters. The number of aryl methyl sites for hydroxylation is 1. The lowest BCUT2D eigenvalue weighted by molar-refractivity contribution is 0.581. The molecule has 1 rings (SSSR count). The third-order valence-electron chi connectivity index (χ3n) is 1.90. The van der Waals surface area contributed by atoms with E-state index >= 15 is 0 Å². The van der Waals surface area contributed by atoms with E-state index in [0.29, 0.717) is 5.56 Å². The fourth-order valence-corrected chi connectivity index (χ4v) is 1.23. The maximum Gasteiger partial charge on any atom is 0.128 e. The van der Waals surface area contributed by atoms with Crippen LogP contribution in [0.1, 0.15) is 17.2 Å². The van der Waals surface area contributed by atoms with Crippen LogP contribution >= 0.6 is 0 Å². The Balaban J connectivity index is 3.12. The van der Waals surface area contributed by atoms with Gasteiger partial charge in [0.1, 0.15) is 5.82 Å². The molecule has 1 aromatic carbocycles. The van der Waals surface area contributed by atoms with Crippen LogP contribution in [-0.2, 0) is 0 Å². The highest BCUT2D eigenvalue weighted by atomic mass is 19.1. The zero-order valence-electron chi connectivity index (χ0n) is 7.05. The molecule has 4 N–H and O–H groups in total. The summed E-state index contributed by atoms with van der Waals surface area (Å²) in [5.74, 6) is -0.270. The van der Waals surface area contributed by atoms with Gasteiger partial charge in [-0.05, 0) is 18.6 Å². The van der Waals surface area contributed by atoms with Gasteiger partial charge in [0, 0.05) is 18.2 Å². The summed E-state index contributed by atoms with van der Waals surface area (Å²) in [7, 11) is 0. The molecule has 0 aromatic heterocycles. The highest BCUT2D eigenvalue weighted by Crippen LogP contribution is 2.18. The minimum absolute atomic E-state index is 0.266. The van der Waals surface area contributed by atoms with Crippen molar-refractivity contribution in [3.63, 3.8) is 0 Å². The summed E-state index contributed by atoms with van der Waals surface area (Å²) in [6, 6.07) is 4.50. The zero-order valence-corrected chi connectivity index (χ0v) is 7.05. The second kappa shape index (κ2) is 3.65. The number of halogens is 1.